The number of carbonyl (C=O) groups excluding carboxylic acids is 1. The van der Waals surface area contributed by atoms with E-state index in [1.807, 2.05) is 18.9 Å². The standard InChI is InChI=1S/C16H24N2O/c1-11-5-6-14(12(2)7-11)10-18(4)16(19)13(3)15-8-17-9-15/h5-7,13,15,17H,8-10H2,1-4H3. The summed E-state index contributed by atoms with van der Waals surface area (Å²) in [6.45, 7) is 8.91. The first kappa shape index (κ1) is 14.1. The molecule has 0 radical (unpaired) electrons. The molecule has 1 aromatic rings. The number of hydrogen-bond donors (Lipinski definition) is 1. The molecule has 1 unspecified atom stereocenters. The van der Waals surface area contributed by atoms with Crippen molar-refractivity contribution in [3.8, 4) is 0 Å². The first-order valence-electron chi connectivity index (χ1n) is 7.01. The highest BCUT2D eigenvalue weighted by molar-refractivity contribution is 5.78. The van der Waals surface area contributed by atoms with Crippen molar-refractivity contribution in [1.29, 1.82) is 0 Å². The molecule has 3 heteroatoms. The first-order chi connectivity index (χ1) is 8.99. The van der Waals surface area contributed by atoms with Crippen molar-refractivity contribution < 1.29 is 4.79 Å². The van der Waals surface area contributed by atoms with Crippen LogP contribution < -0.4 is 5.32 Å². The van der Waals surface area contributed by atoms with Crippen molar-refractivity contribution >= 4 is 5.91 Å². The summed E-state index contributed by atoms with van der Waals surface area (Å²) in [6.07, 6.45) is 0. The van der Waals surface area contributed by atoms with Crippen LogP contribution in [0.2, 0.25) is 0 Å². The van der Waals surface area contributed by atoms with Gasteiger partial charge < -0.3 is 10.2 Å². The Morgan fingerprint density at radius 2 is 2.11 bits per heavy atom. The highest BCUT2D eigenvalue weighted by atomic mass is 16.2. The van der Waals surface area contributed by atoms with E-state index in [9.17, 15) is 4.79 Å². The fourth-order valence-electron chi connectivity index (χ4n) is 2.57. The predicted octanol–water partition coefficient (Wildman–Crippen LogP) is 2.12. The monoisotopic (exact) mass is 260 g/mol. The highest BCUT2D eigenvalue weighted by Crippen LogP contribution is 2.20. The molecule has 3 nitrogen and oxygen atoms in total. The van der Waals surface area contributed by atoms with Gasteiger partial charge in [0.25, 0.3) is 0 Å². The summed E-state index contributed by atoms with van der Waals surface area (Å²) in [6, 6.07) is 6.41. The Morgan fingerprint density at radius 3 is 2.63 bits per heavy atom. The maximum Gasteiger partial charge on any atom is 0.225 e. The Kier molecular flexibility index (Phi) is 4.25. The van der Waals surface area contributed by atoms with Gasteiger partial charge in [0, 0.05) is 19.5 Å². The molecule has 104 valence electrons. The van der Waals surface area contributed by atoms with Crippen LogP contribution >= 0.6 is 0 Å². The van der Waals surface area contributed by atoms with Gasteiger partial charge in [-0.05, 0) is 44.0 Å². The molecular formula is C16H24N2O. The summed E-state index contributed by atoms with van der Waals surface area (Å²) in [5.74, 6) is 0.887. The molecule has 0 aromatic heterocycles. The van der Waals surface area contributed by atoms with Gasteiger partial charge >= 0.3 is 0 Å². The summed E-state index contributed by atoms with van der Waals surface area (Å²) in [7, 11) is 1.91. The third-order valence-electron chi connectivity index (χ3n) is 4.19. The van der Waals surface area contributed by atoms with Crippen molar-refractivity contribution in [2.45, 2.75) is 27.3 Å². The van der Waals surface area contributed by atoms with Crippen LogP contribution in [-0.2, 0) is 11.3 Å². The molecule has 1 amide bonds. The molecule has 1 aromatic carbocycles. The molecule has 0 aliphatic carbocycles. The number of amides is 1. The zero-order valence-corrected chi connectivity index (χ0v) is 12.4. The van der Waals surface area contributed by atoms with Crippen LogP contribution in [0.1, 0.15) is 23.6 Å². The highest BCUT2D eigenvalue weighted by Gasteiger charge is 2.30. The molecule has 0 bridgehead atoms. The Bertz CT molecular complexity index is 466. The summed E-state index contributed by atoms with van der Waals surface area (Å²) >= 11 is 0. The fourth-order valence-corrected chi connectivity index (χ4v) is 2.57. The third-order valence-corrected chi connectivity index (χ3v) is 4.19. The molecule has 0 saturated carbocycles. The number of nitrogens with one attached hydrogen (secondary N) is 1. The van der Waals surface area contributed by atoms with E-state index in [0.717, 1.165) is 13.1 Å². The van der Waals surface area contributed by atoms with Gasteiger partial charge in [-0.1, -0.05) is 30.7 Å². The summed E-state index contributed by atoms with van der Waals surface area (Å²) in [5.41, 5.74) is 3.77. The maximum absolute atomic E-state index is 12.4. The molecule has 1 saturated heterocycles. The van der Waals surface area contributed by atoms with Gasteiger partial charge in [0.1, 0.15) is 0 Å². The second kappa shape index (κ2) is 5.74. The number of nitrogens with zero attached hydrogens (tertiary/aromatic N) is 1. The van der Waals surface area contributed by atoms with E-state index in [0.29, 0.717) is 12.5 Å². The normalized spacial score (nSPS) is 16.8. The molecule has 1 fully saturated rings. The predicted molar refractivity (Wildman–Crippen MR) is 77.9 cm³/mol. The lowest BCUT2D eigenvalue weighted by Crippen LogP contribution is -2.49. The number of carbonyl (C=O) groups is 1. The van der Waals surface area contributed by atoms with Crippen LogP contribution in [-0.4, -0.2) is 30.9 Å². The summed E-state index contributed by atoms with van der Waals surface area (Å²) in [4.78, 5) is 14.2. The van der Waals surface area contributed by atoms with Gasteiger partial charge in [-0.25, -0.2) is 0 Å². The second-order valence-electron chi connectivity index (χ2n) is 5.83. The smallest absolute Gasteiger partial charge is 0.225 e. The van der Waals surface area contributed by atoms with E-state index in [1.165, 1.54) is 16.7 Å². The van der Waals surface area contributed by atoms with E-state index >= 15 is 0 Å². The minimum Gasteiger partial charge on any atom is -0.341 e. The number of rotatable bonds is 4. The van der Waals surface area contributed by atoms with Gasteiger partial charge in [-0.15, -0.1) is 0 Å². The Hall–Kier alpha value is -1.35. The summed E-state index contributed by atoms with van der Waals surface area (Å²) in [5, 5.41) is 3.23. The molecule has 0 spiro atoms. The van der Waals surface area contributed by atoms with Crippen LogP contribution in [0.4, 0.5) is 0 Å². The van der Waals surface area contributed by atoms with Crippen molar-refractivity contribution in [2.24, 2.45) is 11.8 Å². The Morgan fingerprint density at radius 1 is 1.42 bits per heavy atom. The summed E-state index contributed by atoms with van der Waals surface area (Å²) < 4.78 is 0. The third kappa shape index (κ3) is 3.16. The van der Waals surface area contributed by atoms with E-state index in [4.69, 9.17) is 0 Å². The van der Waals surface area contributed by atoms with Crippen molar-refractivity contribution in [2.75, 3.05) is 20.1 Å². The van der Waals surface area contributed by atoms with Crippen LogP contribution in [0.5, 0.6) is 0 Å². The Labute approximate surface area is 116 Å². The van der Waals surface area contributed by atoms with Crippen LogP contribution in [0, 0.1) is 25.7 Å². The van der Waals surface area contributed by atoms with E-state index in [1.54, 1.807) is 0 Å². The number of benzene rings is 1. The van der Waals surface area contributed by atoms with Gasteiger partial charge in [0.2, 0.25) is 5.91 Å². The minimum absolute atomic E-state index is 0.122. The molecule has 1 N–H and O–H groups in total. The van der Waals surface area contributed by atoms with Gasteiger partial charge in [0.05, 0.1) is 0 Å². The molecule has 1 atom stereocenters. The van der Waals surface area contributed by atoms with Crippen LogP contribution in [0.25, 0.3) is 0 Å². The number of aryl methyl sites for hydroxylation is 2. The molecule has 1 aliphatic heterocycles. The SMILES string of the molecule is Cc1ccc(CN(C)C(=O)C(C)C2CNC2)c(C)c1. The quantitative estimate of drug-likeness (QED) is 0.899. The van der Waals surface area contributed by atoms with Gasteiger partial charge in [-0.3, -0.25) is 4.79 Å². The lowest BCUT2D eigenvalue weighted by atomic mass is 9.88. The van der Waals surface area contributed by atoms with Gasteiger partial charge in [-0.2, -0.15) is 0 Å². The van der Waals surface area contributed by atoms with E-state index < -0.39 is 0 Å². The number of hydrogen-bond acceptors (Lipinski definition) is 2. The largest absolute Gasteiger partial charge is 0.341 e. The molecule has 1 heterocycles. The van der Waals surface area contributed by atoms with Crippen LogP contribution in [0.15, 0.2) is 18.2 Å². The van der Waals surface area contributed by atoms with Crippen LogP contribution in [0.3, 0.4) is 0 Å². The lowest BCUT2D eigenvalue weighted by molar-refractivity contribution is -0.136. The Balaban J connectivity index is 1.99. The molecule has 1 aliphatic rings. The topological polar surface area (TPSA) is 32.3 Å². The second-order valence-corrected chi connectivity index (χ2v) is 5.83. The molecule has 2 rings (SSSR count). The van der Waals surface area contributed by atoms with E-state index in [-0.39, 0.29) is 11.8 Å². The maximum atomic E-state index is 12.4. The van der Waals surface area contributed by atoms with Crippen molar-refractivity contribution in [3.05, 3.63) is 34.9 Å². The van der Waals surface area contributed by atoms with E-state index in [2.05, 4.69) is 37.4 Å². The average molecular weight is 260 g/mol. The zero-order chi connectivity index (χ0) is 14.0. The molecular weight excluding hydrogens is 236 g/mol. The lowest BCUT2D eigenvalue weighted by Gasteiger charge is -2.34. The fraction of sp³-hybridized carbons (Fsp3) is 0.562. The first-order valence-corrected chi connectivity index (χ1v) is 7.01. The average Bonchev–Trinajstić information content (AvgIpc) is 2.29. The minimum atomic E-state index is 0.122. The van der Waals surface area contributed by atoms with Crippen molar-refractivity contribution in [3.63, 3.8) is 0 Å². The van der Waals surface area contributed by atoms with Gasteiger partial charge in [0.15, 0.2) is 0 Å². The zero-order valence-electron chi connectivity index (χ0n) is 12.4. The van der Waals surface area contributed by atoms with Crippen molar-refractivity contribution in [1.82, 2.24) is 10.2 Å². The molecule has 19 heavy (non-hydrogen) atoms.